The second-order valence-corrected chi connectivity index (χ2v) is 10.6. The summed E-state index contributed by atoms with van der Waals surface area (Å²) >= 11 is 6.44. The van der Waals surface area contributed by atoms with Crippen LogP contribution >= 0.6 is 11.6 Å². The maximum Gasteiger partial charge on any atom is 0.144 e. The number of phenols is 2. The van der Waals surface area contributed by atoms with Crippen LogP contribution in [0.25, 0.3) is 0 Å². The van der Waals surface area contributed by atoms with Gasteiger partial charge in [0.1, 0.15) is 35.0 Å². The van der Waals surface area contributed by atoms with Crippen LogP contribution in [0.15, 0.2) is 18.2 Å². The summed E-state index contributed by atoms with van der Waals surface area (Å²) in [5.41, 5.74) is 5.97. The van der Waals surface area contributed by atoms with Crippen molar-refractivity contribution in [2.45, 2.75) is 50.5 Å². The molecule has 0 saturated carbocycles. The molecule has 0 radical (unpaired) electrons. The minimum atomic E-state index is 0.0789. The second-order valence-electron chi connectivity index (χ2n) is 10.1. The molecule has 3 nitrogen and oxygen atoms in total. The van der Waals surface area contributed by atoms with E-state index >= 15 is 0 Å². The quantitative estimate of drug-likeness (QED) is 0.541. The average molecular weight is 421 g/mol. The highest BCUT2D eigenvalue weighted by molar-refractivity contribution is 6.53. The molecule has 2 aliphatic rings. The van der Waals surface area contributed by atoms with E-state index in [0.29, 0.717) is 23.3 Å². The molecule has 1 fully saturated rings. The fourth-order valence-corrected chi connectivity index (χ4v) is 6.07. The van der Waals surface area contributed by atoms with Crippen LogP contribution in [-0.4, -0.2) is 57.8 Å². The Bertz CT molecular complexity index is 981. The van der Waals surface area contributed by atoms with Gasteiger partial charge in [0.2, 0.25) is 0 Å². The van der Waals surface area contributed by atoms with Crippen LogP contribution in [0.1, 0.15) is 61.6 Å². The van der Waals surface area contributed by atoms with Gasteiger partial charge in [0, 0.05) is 16.5 Å². The van der Waals surface area contributed by atoms with Gasteiger partial charge in [-0.1, -0.05) is 28.6 Å². The number of likely N-dealkylation sites (tertiary alicyclic amines) is 1. The first-order valence-electron chi connectivity index (χ1n) is 11.0. The summed E-state index contributed by atoms with van der Waals surface area (Å²) in [4.78, 5) is 2.46. The highest BCUT2D eigenvalue weighted by Crippen LogP contribution is 2.53. The lowest BCUT2D eigenvalue weighted by atomic mass is 9.69. The van der Waals surface area contributed by atoms with Crippen LogP contribution in [0, 0.1) is 5.92 Å². The molecule has 1 unspecified atom stereocenters. The van der Waals surface area contributed by atoms with E-state index in [1.54, 1.807) is 0 Å². The Morgan fingerprint density at radius 1 is 1.03 bits per heavy atom. The Hall–Kier alpha value is -1.52. The van der Waals surface area contributed by atoms with Gasteiger partial charge >= 0.3 is 0 Å². The third kappa shape index (κ3) is 3.37. The molecular weight excluding hydrogens is 390 g/mol. The number of phenolic OH excluding ortho intramolecular Hbond substituents is 2. The number of piperidine rings is 1. The normalized spacial score (nSPS) is 25.9. The fraction of sp³-hybridized carbons (Fsp3) is 0.478. The molecule has 156 valence electrons. The van der Waals surface area contributed by atoms with Crippen molar-refractivity contribution < 1.29 is 10.2 Å². The largest absolute Gasteiger partial charge is 0.509 e. The number of nitrogens with zero attached hydrogens (tertiary/aromatic N) is 1. The maximum atomic E-state index is 11.1. The lowest BCUT2D eigenvalue weighted by Gasteiger charge is -2.45. The van der Waals surface area contributed by atoms with Gasteiger partial charge in [-0.05, 0) is 92.8 Å². The Balaban J connectivity index is 1.81. The van der Waals surface area contributed by atoms with E-state index in [0.717, 1.165) is 46.4 Å². The monoisotopic (exact) mass is 421 g/mol. The molecule has 1 aliphatic carbocycles. The molecular formula is C23H31B3ClNO2. The van der Waals surface area contributed by atoms with Crippen molar-refractivity contribution in [3.8, 4) is 11.5 Å². The van der Waals surface area contributed by atoms with Crippen molar-refractivity contribution in [1.82, 2.24) is 4.90 Å². The summed E-state index contributed by atoms with van der Waals surface area (Å²) < 4.78 is 0. The van der Waals surface area contributed by atoms with E-state index in [2.05, 4.69) is 37.9 Å². The minimum absolute atomic E-state index is 0.0789. The summed E-state index contributed by atoms with van der Waals surface area (Å²) in [6.45, 7) is 5.77. The average Bonchev–Trinajstić information content (AvgIpc) is 3.05. The Morgan fingerprint density at radius 3 is 2.37 bits per heavy atom. The summed E-state index contributed by atoms with van der Waals surface area (Å²) in [7, 11) is 7.91. The molecule has 2 aromatic carbocycles. The summed E-state index contributed by atoms with van der Waals surface area (Å²) in [6.07, 6.45) is 3.28. The predicted molar refractivity (Wildman–Crippen MR) is 134 cm³/mol. The summed E-state index contributed by atoms with van der Waals surface area (Å²) in [5, 5.41) is 22.6. The SMILES string of the molecule is Bc1c(B)c(O)c([C@@H]2C[C@@H](C3CCN(C)C(C)(C)C3)c3cc(Cl)ccc32)c(B)c1O. The van der Waals surface area contributed by atoms with Gasteiger partial charge in [-0.25, -0.2) is 0 Å². The van der Waals surface area contributed by atoms with Crippen LogP contribution < -0.4 is 16.4 Å². The van der Waals surface area contributed by atoms with Crippen LogP contribution in [0.2, 0.25) is 5.02 Å². The standard InChI is InChI=1S/C23H31B3ClNO2/c1-23(2)10-11(6-7-28(23)3)14-9-16(13-5-4-12(27)8-15(13)14)17-18(24)22(30)20(26)19(25)21(17)29/h4-5,8,11,14,16,29-30H,6-7,9-10,24-26H2,1-3H3/t11?,14-,16+/m0/s1. The maximum absolute atomic E-state index is 11.1. The van der Waals surface area contributed by atoms with Crippen LogP contribution in [0.4, 0.5) is 0 Å². The van der Waals surface area contributed by atoms with Crippen molar-refractivity contribution in [1.29, 1.82) is 0 Å². The number of fused-ring (bicyclic) bond motifs is 1. The molecule has 7 heteroatoms. The molecule has 30 heavy (non-hydrogen) atoms. The summed E-state index contributed by atoms with van der Waals surface area (Å²) in [5.74, 6) is 1.72. The molecule has 0 spiro atoms. The number of rotatable bonds is 2. The molecule has 0 amide bonds. The lowest BCUT2D eigenvalue weighted by Crippen LogP contribution is -2.48. The fourth-order valence-electron chi connectivity index (χ4n) is 5.89. The highest BCUT2D eigenvalue weighted by Gasteiger charge is 2.42. The number of aromatic hydroxyl groups is 2. The number of halogens is 1. The first-order chi connectivity index (χ1) is 14.0. The van der Waals surface area contributed by atoms with E-state index in [1.165, 1.54) is 17.5 Å². The third-order valence-electron chi connectivity index (χ3n) is 8.15. The molecule has 2 aromatic rings. The molecule has 4 rings (SSSR count). The van der Waals surface area contributed by atoms with Crippen molar-refractivity contribution in [2.75, 3.05) is 13.6 Å². The van der Waals surface area contributed by atoms with Crippen molar-refractivity contribution in [2.24, 2.45) is 5.92 Å². The van der Waals surface area contributed by atoms with Crippen molar-refractivity contribution >= 4 is 51.5 Å². The van der Waals surface area contributed by atoms with E-state index < -0.39 is 0 Å². The number of hydrogen-bond donors (Lipinski definition) is 2. The molecule has 0 bridgehead atoms. The lowest BCUT2D eigenvalue weighted by molar-refractivity contribution is 0.0620. The Kier molecular flexibility index (Phi) is 5.47. The first-order valence-corrected chi connectivity index (χ1v) is 11.4. The smallest absolute Gasteiger partial charge is 0.144 e. The van der Waals surface area contributed by atoms with Gasteiger partial charge < -0.3 is 15.1 Å². The van der Waals surface area contributed by atoms with Crippen LogP contribution in [0.5, 0.6) is 11.5 Å². The molecule has 3 atom stereocenters. The van der Waals surface area contributed by atoms with Gasteiger partial charge in [0.15, 0.2) is 0 Å². The van der Waals surface area contributed by atoms with Crippen molar-refractivity contribution in [3.05, 3.63) is 39.9 Å². The topological polar surface area (TPSA) is 43.7 Å². The zero-order valence-electron chi connectivity index (χ0n) is 19.0. The van der Waals surface area contributed by atoms with Crippen LogP contribution in [-0.2, 0) is 0 Å². The first kappa shape index (κ1) is 21.7. The van der Waals surface area contributed by atoms with Gasteiger partial charge in [-0.3, -0.25) is 0 Å². The third-order valence-corrected chi connectivity index (χ3v) is 8.38. The molecule has 1 aliphatic heterocycles. The molecule has 2 N–H and O–H groups in total. The van der Waals surface area contributed by atoms with Crippen LogP contribution in [0.3, 0.4) is 0 Å². The molecule has 1 heterocycles. The zero-order valence-corrected chi connectivity index (χ0v) is 19.8. The van der Waals surface area contributed by atoms with Gasteiger partial charge in [0.05, 0.1) is 0 Å². The van der Waals surface area contributed by atoms with E-state index in [9.17, 15) is 10.2 Å². The molecule has 0 aromatic heterocycles. The van der Waals surface area contributed by atoms with Gasteiger partial charge in [-0.15, -0.1) is 0 Å². The second kappa shape index (κ2) is 7.56. The Labute approximate surface area is 188 Å². The van der Waals surface area contributed by atoms with E-state index in [-0.39, 0.29) is 11.5 Å². The van der Waals surface area contributed by atoms with E-state index in [4.69, 9.17) is 11.6 Å². The van der Waals surface area contributed by atoms with Gasteiger partial charge in [-0.2, -0.15) is 0 Å². The number of hydrogen-bond acceptors (Lipinski definition) is 3. The zero-order chi connectivity index (χ0) is 22.0. The van der Waals surface area contributed by atoms with Crippen molar-refractivity contribution in [3.63, 3.8) is 0 Å². The van der Waals surface area contributed by atoms with E-state index in [1.807, 2.05) is 29.6 Å². The Morgan fingerprint density at radius 2 is 1.70 bits per heavy atom. The van der Waals surface area contributed by atoms with Gasteiger partial charge in [0.25, 0.3) is 0 Å². The minimum Gasteiger partial charge on any atom is -0.509 e. The summed E-state index contributed by atoms with van der Waals surface area (Å²) in [6, 6.07) is 6.23. The highest BCUT2D eigenvalue weighted by atomic mass is 35.5. The predicted octanol–water partition coefficient (Wildman–Crippen LogP) is 0.266. The molecule has 1 saturated heterocycles. The number of benzene rings is 2.